The molecule has 0 spiro atoms. The number of anilines is 1. The van der Waals surface area contributed by atoms with Crippen LogP contribution in [-0.4, -0.2) is 22.8 Å². The Balaban J connectivity index is 2.23. The van der Waals surface area contributed by atoms with Gasteiger partial charge in [-0.25, -0.2) is 4.98 Å². The van der Waals surface area contributed by atoms with Crippen LogP contribution in [0.5, 0.6) is 0 Å². The van der Waals surface area contributed by atoms with E-state index < -0.39 is 0 Å². The fourth-order valence-electron chi connectivity index (χ4n) is 3.17. The van der Waals surface area contributed by atoms with Crippen LogP contribution in [0, 0.1) is 0 Å². The number of imidazole rings is 1. The van der Waals surface area contributed by atoms with Crippen molar-refractivity contribution >= 4 is 16.7 Å². The lowest BCUT2D eigenvalue weighted by Gasteiger charge is -2.37. The average molecular weight is 273 g/mol. The molecule has 2 aromatic rings. The van der Waals surface area contributed by atoms with E-state index in [1.165, 1.54) is 0 Å². The molecule has 1 aromatic heterocycles. The van der Waals surface area contributed by atoms with Gasteiger partial charge in [0.15, 0.2) is 0 Å². The SMILES string of the molecule is CC(C)c1nc2cc(N)ccc2n1C1(C)CCCOC1. The average Bonchev–Trinajstić information content (AvgIpc) is 2.79. The molecule has 1 saturated heterocycles. The molecule has 1 fully saturated rings. The van der Waals surface area contributed by atoms with Gasteiger partial charge in [0.25, 0.3) is 0 Å². The fourth-order valence-corrected chi connectivity index (χ4v) is 3.17. The van der Waals surface area contributed by atoms with Crippen molar-refractivity contribution in [2.45, 2.75) is 45.1 Å². The first-order valence-electron chi connectivity index (χ1n) is 7.37. The minimum absolute atomic E-state index is 0.0112. The van der Waals surface area contributed by atoms with E-state index in [-0.39, 0.29) is 5.54 Å². The number of hydrogen-bond donors (Lipinski definition) is 1. The number of aromatic nitrogens is 2. The second-order valence-electron chi connectivity index (χ2n) is 6.36. The normalized spacial score (nSPS) is 23.6. The maximum absolute atomic E-state index is 5.90. The van der Waals surface area contributed by atoms with Crippen molar-refractivity contribution in [3.63, 3.8) is 0 Å². The molecule has 20 heavy (non-hydrogen) atoms. The Hall–Kier alpha value is -1.55. The van der Waals surface area contributed by atoms with Gasteiger partial charge in [-0.2, -0.15) is 0 Å². The molecular weight excluding hydrogens is 250 g/mol. The molecule has 0 aliphatic carbocycles. The lowest BCUT2D eigenvalue weighted by Crippen LogP contribution is -2.40. The highest BCUT2D eigenvalue weighted by molar-refractivity contribution is 5.80. The highest BCUT2D eigenvalue weighted by Gasteiger charge is 2.33. The minimum Gasteiger partial charge on any atom is -0.399 e. The fraction of sp³-hybridized carbons (Fsp3) is 0.562. The molecule has 4 nitrogen and oxygen atoms in total. The maximum atomic E-state index is 5.90. The van der Waals surface area contributed by atoms with Crippen LogP contribution in [0.4, 0.5) is 5.69 Å². The lowest BCUT2D eigenvalue weighted by molar-refractivity contribution is 0.00984. The predicted molar refractivity (Wildman–Crippen MR) is 81.9 cm³/mol. The third kappa shape index (κ3) is 2.08. The van der Waals surface area contributed by atoms with Gasteiger partial charge in [-0.15, -0.1) is 0 Å². The van der Waals surface area contributed by atoms with E-state index in [0.29, 0.717) is 5.92 Å². The topological polar surface area (TPSA) is 53.1 Å². The number of nitrogens with zero attached hydrogens (tertiary/aromatic N) is 2. The smallest absolute Gasteiger partial charge is 0.113 e. The van der Waals surface area contributed by atoms with Crippen molar-refractivity contribution in [1.82, 2.24) is 9.55 Å². The summed E-state index contributed by atoms with van der Waals surface area (Å²) in [6, 6.07) is 6.01. The standard InChI is InChI=1S/C16H23N3O/c1-11(2)15-18-13-9-12(17)5-6-14(13)19(15)16(3)7-4-8-20-10-16/h5-6,9,11H,4,7-8,10,17H2,1-3H3. The van der Waals surface area contributed by atoms with Crippen molar-refractivity contribution in [2.75, 3.05) is 18.9 Å². The van der Waals surface area contributed by atoms with Gasteiger partial charge in [-0.05, 0) is 38.0 Å². The Kier molecular flexibility index (Phi) is 3.21. The molecule has 1 unspecified atom stereocenters. The Morgan fingerprint density at radius 3 is 2.85 bits per heavy atom. The molecule has 1 atom stereocenters. The first-order chi connectivity index (χ1) is 9.51. The van der Waals surface area contributed by atoms with Crippen LogP contribution in [0.25, 0.3) is 11.0 Å². The van der Waals surface area contributed by atoms with Gasteiger partial charge in [0, 0.05) is 18.2 Å². The van der Waals surface area contributed by atoms with E-state index in [9.17, 15) is 0 Å². The zero-order valence-electron chi connectivity index (χ0n) is 12.5. The van der Waals surface area contributed by atoms with Crippen molar-refractivity contribution in [3.8, 4) is 0 Å². The molecule has 2 heterocycles. The molecule has 0 saturated carbocycles. The summed E-state index contributed by atoms with van der Waals surface area (Å²) in [6.07, 6.45) is 2.23. The minimum atomic E-state index is -0.0112. The van der Waals surface area contributed by atoms with E-state index in [1.807, 2.05) is 12.1 Å². The molecule has 3 rings (SSSR count). The van der Waals surface area contributed by atoms with Gasteiger partial charge in [0.1, 0.15) is 5.82 Å². The summed E-state index contributed by atoms with van der Waals surface area (Å²) in [5, 5.41) is 0. The zero-order valence-corrected chi connectivity index (χ0v) is 12.5. The number of nitrogen functional groups attached to an aromatic ring is 1. The van der Waals surface area contributed by atoms with Crippen molar-refractivity contribution < 1.29 is 4.74 Å². The molecular formula is C16H23N3O. The molecule has 108 valence electrons. The second kappa shape index (κ2) is 4.77. The van der Waals surface area contributed by atoms with Crippen LogP contribution in [0.3, 0.4) is 0 Å². The van der Waals surface area contributed by atoms with E-state index in [2.05, 4.69) is 31.4 Å². The molecule has 0 amide bonds. The van der Waals surface area contributed by atoms with Crippen molar-refractivity contribution in [3.05, 3.63) is 24.0 Å². The summed E-state index contributed by atoms with van der Waals surface area (Å²) in [4.78, 5) is 4.82. The van der Waals surface area contributed by atoms with Gasteiger partial charge in [-0.1, -0.05) is 13.8 Å². The molecule has 1 aliphatic heterocycles. The number of ether oxygens (including phenoxy) is 1. The Morgan fingerprint density at radius 1 is 1.40 bits per heavy atom. The number of hydrogen-bond acceptors (Lipinski definition) is 3. The molecule has 2 N–H and O–H groups in total. The Morgan fingerprint density at radius 2 is 2.20 bits per heavy atom. The summed E-state index contributed by atoms with van der Waals surface area (Å²) in [6.45, 7) is 8.27. The molecule has 0 radical (unpaired) electrons. The predicted octanol–water partition coefficient (Wildman–Crippen LogP) is 3.27. The van der Waals surface area contributed by atoms with Crippen molar-refractivity contribution in [1.29, 1.82) is 0 Å². The van der Waals surface area contributed by atoms with Crippen LogP contribution in [-0.2, 0) is 10.3 Å². The third-order valence-corrected chi connectivity index (χ3v) is 4.18. The van der Waals surface area contributed by atoms with Gasteiger partial charge < -0.3 is 15.0 Å². The van der Waals surface area contributed by atoms with Crippen LogP contribution < -0.4 is 5.73 Å². The lowest BCUT2D eigenvalue weighted by atomic mass is 9.93. The van der Waals surface area contributed by atoms with E-state index in [1.54, 1.807) is 0 Å². The Bertz CT molecular complexity index is 624. The Labute approximate surface area is 119 Å². The molecule has 0 bridgehead atoms. The summed E-state index contributed by atoms with van der Waals surface area (Å²) < 4.78 is 8.12. The summed E-state index contributed by atoms with van der Waals surface area (Å²) in [5.41, 5.74) is 8.80. The van der Waals surface area contributed by atoms with Crippen LogP contribution in [0.2, 0.25) is 0 Å². The number of benzene rings is 1. The zero-order chi connectivity index (χ0) is 14.3. The molecule has 1 aliphatic rings. The monoisotopic (exact) mass is 273 g/mol. The quantitative estimate of drug-likeness (QED) is 0.854. The summed E-state index contributed by atoms with van der Waals surface area (Å²) in [5.74, 6) is 1.50. The number of nitrogens with two attached hydrogens (primary N) is 1. The van der Waals surface area contributed by atoms with E-state index in [4.69, 9.17) is 15.5 Å². The van der Waals surface area contributed by atoms with Crippen LogP contribution >= 0.6 is 0 Å². The highest BCUT2D eigenvalue weighted by atomic mass is 16.5. The first kappa shape index (κ1) is 13.4. The summed E-state index contributed by atoms with van der Waals surface area (Å²) in [7, 11) is 0. The van der Waals surface area contributed by atoms with Gasteiger partial charge >= 0.3 is 0 Å². The van der Waals surface area contributed by atoms with Gasteiger partial charge in [-0.3, -0.25) is 0 Å². The highest BCUT2D eigenvalue weighted by Crippen LogP contribution is 2.35. The van der Waals surface area contributed by atoms with E-state index >= 15 is 0 Å². The van der Waals surface area contributed by atoms with Gasteiger partial charge in [0.2, 0.25) is 0 Å². The second-order valence-corrected chi connectivity index (χ2v) is 6.36. The van der Waals surface area contributed by atoms with Gasteiger partial charge in [0.05, 0.1) is 23.2 Å². The van der Waals surface area contributed by atoms with Crippen molar-refractivity contribution in [2.24, 2.45) is 0 Å². The number of rotatable bonds is 2. The summed E-state index contributed by atoms with van der Waals surface area (Å²) >= 11 is 0. The first-order valence-corrected chi connectivity index (χ1v) is 7.37. The van der Waals surface area contributed by atoms with Crippen LogP contribution in [0.15, 0.2) is 18.2 Å². The molecule has 4 heteroatoms. The maximum Gasteiger partial charge on any atom is 0.113 e. The van der Waals surface area contributed by atoms with E-state index in [0.717, 1.165) is 48.6 Å². The largest absolute Gasteiger partial charge is 0.399 e. The number of fused-ring (bicyclic) bond motifs is 1. The third-order valence-electron chi connectivity index (χ3n) is 4.18. The van der Waals surface area contributed by atoms with Crippen LogP contribution in [0.1, 0.15) is 45.4 Å². The molecule has 1 aromatic carbocycles.